The first-order valence-electron chi connectivity index (χ1n) is 9.63. The Labute approximate surface area is 147 Å². The Morgan fingerprint density at radius 1 is 1.04 bits per heavy atom. The summed E-state index contributed by atoms with van der Waals surface area (Å²) in [6.07, 6.45) is 7.69. The highest BCUT2D eigenvalue weighted by atomic mass is 32.1. The van der Waals surface area contributed by atoms with E-state index in [4.69, 9.17) is 9.97 Å². The van der Waals surface area contributed by atoms with Gasteiger partial charge in [-0.1, -0.05) is 6.92 Å². The van der Waals surface area contributed by atoms with Crippen molar-refractivity contribution in [3.05, 3.63) is 16.3 Å². The van der Waals surface area contributed by atoms with Crippen molar-refractivity contribution < 1.29 is 0 Å². The number of piperazine rings is 1. The molecule has 0 bridgehead atoms. The normalized spacial score (nSPS) is 22.1. The van der Waals surface area contributed by atoms with E-state index in [1.807, 2.05) is 11.3 Å². The molecule has 0 amide bonds. The van der Waals surface area contributed by atoms with Gasteiger partial charge in [0.1, 0.15) is 16.5 Å². The molecule has 128 valence electrons. The quantitative estimate of drug-likeness (QED) is 0.853. The van der Waals surface area contributed by atoms with Gasteiger partial charge in [-0.2, -0.15) is 0 Å². The first kappa shape index (κ1) is 15.1. The van der Waals surface area contributed by atoms with Crippen LogP contribution in [0.2, 0.25) is 0 Å². The Bertz CT molecular complexity index is 756. The van der Waals surface area contributed by atoms with Gasteiger partial charge in [-0.05, 0) is 50.6 Å². The molecule has 2 aromatic rings. The second kappa shape index (κ2) is 5.95. The van der Waals surface area contributed by atoms with Crippen LogP contribution >= 0.6 is 11.3 Å². The summed E-state index contributed by atoms with van der Waals surface area (Å²) < 4.78 is 0. The third-order valence-corrected chi connectivity index (χ3v) is 7.06. The van der Waals surface area contributed by atoms with Gasteiger partial charge in [0.05, 0.1) is 5.39 Å². The average Bonchev–Trinajstić information content (AvgIpc) is 3.41. The van der Waals surface area contributed by atoms with Crippen LogP contribution in [0.3, 0.4) is 0 Å². The summed E-state index contributed by atoms with van der Waals surface area (Å²) >= 11 is 1.95. The first-order valence-corrected chi connectivity index (χ1v) is 10.4. The smallest absolute Gasteiger partial charge is 0.141 e. The molecular weight excluding hydrogens is 316 g/mol. The molecule has 0 unspecified atom stereocenters. The van der Waals surface area contributed by atoms with Crippen molar-refractivity contribution in [2.75, 3.05) is 37.6 Å². The second-order valence-electron chi connectivity index (χ2n) is 7.49. The van der Waals surface area contributed by atoms with Crippen molar-refractivity contribution in [2.24, 2.45) is 0 Å². The lowest BCUT2D eigenvalue weighted by Gasteiger charge is -2.35. The van der Waals surface area contributed by atoms with Crippen molar-refractivity contribution in [1.29, 1.82) is 0 Å². The Hall–Kier alpha value is -1.20. The highest BCUT2D eigenvalue weighted by molar-refractivity contribution is 7.19. The Balaban J connectivity index is 1.60. The van der Waals surface area contributed by atoms with E-state index < -0.39 is 0 Å². The van der Waals surface area contributed by atoms with E-state index in [0.29, 0.717) is 5.92 Å². The van der Waals surface area contributed by atoms with Crippen LogP contribution in [0.4, 0.5) is 5.82 Å². The molecule has 2 aromatic heterocycles. The van der Waals surface area contributed by atoms with Crippen molar-refractivity contribution in [3.8, 4) is 0 Å². The standard InChI is InChI=1S/C19H26N4S/c1-2-22-9-11-23(12-10-22)18-16-14-5-3-4-6-15(14)24-19(16)21-17(20-18)13-7-8-13/h13H,2-12H2,1H3. The van der Waals surface area contributed by atoms with Gasteiger partial charge in [0, 0.05) is 37.0 Å². The Kier molecular flexibility index (Phi) is 3.74. The van der Waals surface area contributed by atoms with Gasteiger partial charge < -0.3 is 9.80 Å². The van der Waals surface area contributed by atoms with Gasteiger partial charge in [0.25, 0.3) is 0 Å². The summed E-state index contributed by atoms with van der Waals surface area (Å²) in [6.45, 7) is 7.96. The molecule has 0 radical (unpaired) electrons. The minimum Gasteiger partial charge on any atom is -0.353 e. The summed E-state index contributed by atoms with van der Waals surface area (Å²) in [4.78, 5) is 18.1. The number of hydrogen-bond acceptors (Lipinski definition) is 5. The number of thiophene rings is 1. The maximum Gasteiger partial charge on any atom is 0.141 e. The maximum atomic E-state index is 5.12. The molecule has 3 aliphatic rings. The Morgan fingerprint density at radius 2 is 1.83 bits per heavy atom. The highest BCUT2D eigenvalue weighted by Gasteiger charge is 2.31. The molecule has 0 spiro atoms. The summed E-state index contributed by atoms with van der Waals surface area (Å²) in [5.41, 5.74) is 1.58. The lowest BCUT2D eigenvalue weighted by Crippen LogP contribution is -2.46. The van der Waals surface area contributed by atoms with Crippen molar-refractivity contribution >= 4 is 27.4 Å². The van der Waals surface area contributed by atoms with Crippen LogP contribution < -0.4 is 4.90 Å². The fourth-order valence-electron chi connectivity index (χ4n) is 4.18. The van der Waals surface area contributed by atoms with E-state index >= 15 is 0 Å². The molecule has 1 aliphatic heterocycles. The molecule has 0 N–H and O–H groups in total. The highest BCUT2D eigenvalue weighted by Crippen LogP contribution is 2.44. The molecule has 5 heteroatoms. The average molecular weight is 343 g/mol. The van der Waals surface area contributed by atoms with Crippen LogP contribution in [-0.4, -0.2) is 47.6 Å². The summed E-state index contributed by atoms with van der Waals surface area (Å²) in [5.74, 6) is 3.01. The largest absolute Gasteiger partial charge is 0.353 e. The lowest BCUT2D eigenvalue weighted by molar-refractivity contribution is 0.270. The van der Waals surface area contributed by atoms with E-state index in [9.17, 15) is 0 Å². The van der Waals surface area contributed by atoms with Crippen LogP contribution in [0.25, 0.3) is 10.2 Å². The molecule has 24 heavy (non-hydrogen) atoms. The van der Waals surface area contributed by atoms with E-state index in [2.05, 4.69) is 16.7 Å². The molecule has 0 atom stereocenters. The zero-order valence-corrected chi connectivity index (χ0v) is 15.4. The molecule has 0 aromatic carbocycles. The van der Waals surface area contributed by atoms with E-state index in [1.165, 1.54) is 54.6 Å². The van der Waals surface area contributed by atoms with E-state index in [1.54, 1.807) is 10.4 Å². The predicted octanol–water partition coefficient (Wildman–Crippen LogP) is 3.59. The van der Waals surface area contributed by atoms with Gasteiger partial charge in [0.15, 0.2) is 0 Å². The molecule has 2 fully saturated rings. The number of nitrogens with zero attached hydrogens (tertiary/aromatic N) is 4. The minimum absolute atomic E-state index is 0.629. The third kappa shape index (κ3) is 2.53. The number of likely N-dealkylation sites (N-methyl/N-ethyl adjacent to an activating group) is 1. The number of anilines is 1. The molecule has 1 saturated carbocycles. The molecule has 1 saturated heterocycles. The van der Waals surface area contributed by atoms with E-state index in [0.717, 1.165) is 38.5 Å². The van der Waals surface area contributed by atoms with Crippen LogP contribution in [0.1, 0.15) is 54.8 Å². The summed E-state index contributed by atoms with van der Waals surface area (Å²) in [6, 6.07) is 0. The number of aromatic nitrogens is 2. The number of rotatable bonds is 3. The number of aryl methyl sites for hydroxylation is 2. The zero-order valence-electron chi connectivity index (χ0n) is 14.6. The second-order valence-corrected chi connectivity index (χ2v) is 8.58. The molecule has 5 rings (SSSR count). The summed E-state index contributed by atoms with van der Waals surface area (Å²) in [7, 11) is 0. The van der Waals surface area contributed by atoms with Crippen LogP contribution in [0.15, 0.2) is 0 Å². The number of hydrogen-bond donors (Lipinski definition) is 0. The summed E-state index contributed by atoms with van der Waals surface area (Å²) in [5, 5.41) is 1.41. The monoisotopic (exact) mass is 342 g/mol. The molecular formula is C19H26N4S. The molecule has 2 aliphatic carbocycles. The van der Waals surface area contributed by atoms with Gasteiger partial charge in [-0.3, -0.25) is 0 Å². The third-order valence-electron chi connectivity index (χ3n) is 5.87. The topological polar surface area (TPSA) is 32.3 Å². The Morgan fingerprint density at radius 3 is 2.58 bits per heavy atom. The van der Waals surface area contributed by atoms with Crippen molar-refractivity contribution in [2.45, 2.75) is 51.4 Å². The van der Waals surface area contributed by atoms with E-state index in [-0.39, 0.29) is 0 Å². The minimum atomic E-state index is 0.629. The molecule has 4 nitrogen and oxygen atoms in total. The van der Waals surface area contributed by atoms with Crippen LogP contribution in [0.5, 0.6) is 0 Å². The maximum absolute atomic E-state index is 5.12. The SMILES string of the molecule is CCN1CCN(c2nc(C3CC3)nc3sc4c(c23)CCCC4)CC1. The fraction of sp³-hybridized carbons (Fsp3) is 0.684. The van der Waals surface area contributed by atoms with Gasteiger partial charge in [-0.15, -0.1) is 11.3 Å². The molecule has 3 heterocycles. The van der Waals surface area contributed by atoms with Gasteiger partial charge in [0.2, 0.25) is 0 Å². The van der Waals surface area contributed by atoms with Crippen molar-refractivity contribution in [3.63, 3.8) is 0 Å². The lowest BCUT2D eigenvalue weighted by atomic mass is 9.97. The predicted molar refractivity (Wildman–Crippen MR) is 100 cm³/mol. The van der Waals surface area contributed by atoms with Crippen LogP contribution in [0, 0.1) is 0 Å². The first-order chi connectivity index (χ1) is 11.8. The van der Waals surface area contributed by atoms with Crippen LogP contribution in [-0.2, 0) is 12.8 Å². The van der Waals surface area contributed by atoms with Crippen molar-refractivity contribution in [1.82, 2.24) is 14.9 Å². The van der Waals surface area contributed by atoms with Gasteiger partial charge >= 0.3 is 0 Å². The number of fused-ring (bicyclic) bond motifs is 3. The fourth-order valence-corrected chi connectivity index (χ4v) is 5.45. The van der Waals surface area contributed by atoms with Gasteiger partial charge in [-0.25, -0.2) is 9.97 Å². The zero-order chi connectivity index (χ0) is 16.1.